The Hall–Kier alpha value is -2.48. The van der Waals surface area contributed by atoms with Gasteiger partial charge in [-0.2, -0.15) is 4.98 Å². The molecule has 8 nitrogen and oxygen atoms in total. The van der Waals surface area contributed by atoms with Gasteiger partial charge in [0.2, 0.25) is 11.7 Å². The van der Waals surface area contributed by atoms with Crippen LogP contribution >= 0.6 is 0 Å². The van der Waals surface area contributed by atoms with Gasteiger partial charge in [-0.05, 0) is 25.0 Å². The molecular formula is C14H16N4O4. The lowest BCUT2D eigenvalue weighted by Crippen LogP contribution is -2.18. The van der Waals surface area contributed by atoms with Gasteiger partial charge in [0, 0.05) is 31.7 Å². The standard InChI is InChI=1S/C14H16N4O4/c1-9-16-14(17-22-9)10-4-5-12(13(7-10)18(19)20)15-8-11-3-2-6-21-11/h4-5,7,11,15H,2-3,6,8H2,1H3/t11-/m1/s1. The van der Waals surface area contributed by atoms with E-state index in [4.69, 9.17) is 9.26 Å². The van der Waals surface area contributed by atoms with Crippen LogP contribution in [-0.4, -0.2) is 34.3 Å². The summed E-state index contributed by atoms with van der Waals surface area (Å²) in [4.78, 5) is 14.9. The molecule has 0 spiro atoms. The maximum atomic E-state index is 11.3. The second-order valence-electron chi connectivity index (χ2n) is 5.14. The number of aromatic nitrogens is 2. The van der Waals surface area contributed by atoms with Gasteiger partial charge in [0.25, 0.3) is 5.69 Å². The van der Waals surface area contributed by atoms with E-state index < -0.39 is 4.92 Å². The Morgan fingerprint density at radius 3 is 3.00 bits per heavy atom. The fourth-order valence-electron chi connectivity index (χ4n) is 2.42. The molecule has 2 aromatic rings. The topological polar surface area (TPSA) is 103 Å². The smallest absolute Gasteiger partial charge is 0.293 e. The second-order valence-corrected chi connectivity index (χ2v) is 5.14. The quantitative estimate of drug-likeness (QED) is 0.668. The van der Waals surface area contributed by atoms with E-state index in [9.17, 15) is 10.1 Å². The predicted octanol–water partition coefficient (Wildman–Crippen LogP) is 2.54. The predicted molar refractivity (Wildman–Crippen MR) is 78.6 cm³/mol. The average Bonchev–Trinajstić information content (AvgIpc) is 3.16. The summed E-state index contributed by atoms with van der Waals surface area (Å²) in [5.41, 5.74) is 0.994. The number of benzene rings is 1. The molecule has 1 aromatic carbocycles. The Balaban J connectivity index is 1.82. The summed E-state index contributed by atoms with van der Waals surface area (Å²) in [5.74, 6) is 0.754. The Morgan fingerprint density at radius 2 is 2.36 bits per heavy atom. The first-order valence-electron chi connectivity index (χ1n) is 7.08. The molecule has 0 radical (unpaired) electrons. The van der Waals surface area contributed by atoms with Crippen molar-refractivity contribution in [3.63, 3.8) is 0 Å². The Morgan fingerprint density at radius 1 is 1.50 bits per heavy atom. The van der Waals surface area contributed by atoms with Gasteiger partial charge in [-0.1, -0.05) is 5.16 Å². The summed E-state index contributed by atoms with van der Waals surface area (Å²) in [7, 11) is 0. The van der Waals surface area contributed by atoms with E-state index in [2.05, 4.69) is 15.5 Å². The third-order valence-electron chi connectivity index (χ3n) is 3.52. The number of hydrogen-bond acceptors (Lipinski definition) is 7. The number of hydrogen-bond donors (Lipinski definition) is 1. The van der Waals surface area contributed by atoms with Crippen LogP contribution in [0.5, 0.6) is 0 Å². The van der Waals surface area contributed by atoms with Crippen LogP contribution in [0.2, 0.25) is 0 Å². The van der Waals surface area contributed by atoms with Gasteiger partial charge in [-0.15, -0.1) is 0 Å². The molecule has 8 heteroatoms. The summed E-state index contributed by atoms with van der Waals surface area (Å²) in [6.45, 7) is 2.98. The van der Waals surface area contributed by atoms with Gasteiger partial charge in [-0.3, -0.25) is 10.1 Å². The second kappa shape index (κ2) is 6.10. The summed E-state index contributed by atoms with van der Waals surface area (Å²) in [6.07, 6.45) is 2.12. The SMILES string of the molecule is Cc1nc(-c2ccc(NC[C@H]3CCCO3)c([N+](=O)[O-])c2)no1. The highest BCUT2D eigenvalue weighted by molar-refractivity contribution is 5.70. The van der Waals surface area contributed by atoms with Crippen LogP contribution in [0.1, 0.15) is 18.7 Å². The third kappa shape index (κ3) is 3.06. The zero-order chi connectivity index (χ0) is 15.5. The highest BCUT2D eigenvalue weighted by Gasteiger charge is 2.20. The number of aryl methyl sites for hydroxylation is 1. The first kappa shape index (κ1) is 14.5. The number of ether oxygens (including phenoxy) is 1. The third-order valence-corrected chi connectivity index (χ3v) is 3.52. The average molecular weight is 304 g/mol. The Kier molecular flexibility index (Phi) is 4.01. The molecule has 1 aliphatic heterocycles. The molecular weight excluding hydrogens is 288 g/mol. The van der Waals surface area contributed by atoms with Gasteiger partial charge < -0.3 is 14.6 Å². The van der Waals surface area contributed by atoms with Crippen molar-refractivity contribution in [2.75, 3.05) is 18.5 Å². The fourth-order valence-corrected chi connectivity index (χ4v) is 2.42. The summed E-state index contributed by atoms with van der Waals surface area (Å²) < 4.78 is 10.4. The molecule has 0 bridgehead atoms. The molecule has 1 fully saturated rings. The lowest BCUT2D eigenvalue weighted by Gasteiger charge is -2.12. The maximum Gasteiger partial charge on any atom is 0.293 e. The number of nitro groups is 1. The monoisotopic (exact) mass is 304 g/mol. The number of nitrogens with zero attached hydrogens (tertiary/aromatic N) is 3. The van der Waals surface area contributed by atoms with Crippen molar-refractivity contribution in [2.24, 2.45) is 0 Å². The number of nitrogens with one attached hydrogen (secondary N) is 1. The molecule has 2 heterocycles. The van der Waals surface area contributed by atoms with E-state index >= 15 is 0 Å². The molecule has 0 saturated carbocycles. The largest absolute Gasteiger partial charge is 0.377 e. The van der Waals surface area contributed by atoms with Crippen LogP contribution in [-0.2, 0) is 4.74 Å². The van der Waals surface area contributed by atoms with Crippen molar-refractivity contribution in [2.45, 2.75) is 25.9 Å². The summed E-state index contributed by atoms with van der Waals surface area (Å²) in [6, 6.07) is 4.84. The van der Waals surface area contributed by atoms with Crippen molar-refractivity contribution in [3.8, 4) is 11.4 Å². The van der Waals surface area contributed by atoms with Crippen LogP contribution in [0.4, 0.5) is 11.4 Å². The molecule has 1 aromatic heterocycles. The van der Waals surface area contributed by atoms with Crippen molar-refractivity contribution >= 4 is 11.4 Å². The van der Waals surface area contributed by atoms with Crippen molar-refractivity contribution in [1.29, 1.82) is 0 Å². The molecule has 1 atom stereocenters. The zero-order valence-corrected chi connectivity index (χ0v) is 12.1. The van der Waals surface area contributed by atoms with E-state index in [-0.39, 0.29) is 11.8 Å². The van der Waals surface area contributed by atoms with Crippen LogP contribution in [0.3, 0.4) is 0 Å². The van der Waals surface area contributed by atoms with E-state index in [0.717, 1.165) is 19.4 Å². The Bertz CT molecular complexity index is 679. The van der Waals surface area contributed by atoms with Crippen LogP contribution in [0.25, 0.3) is 11.4 Å². The Labute approximate surface area is 126 Å². The molecule has 1 N–H and O–H groups in total. The van der Waals surface area contributed by atoms with Gasteiger partial charge in [0.05, 0.1) is 11.0 Å². The lowest BCUT2D eigenvalue weighted by molar-refractivity contribution is -0.383. The number of nitro benzene ring substituents is 1. The molecule has 22 heavy (non-hydrogen) atoms. The first-order valence-corrected chi connectivity index (χ1v) is 7.08. The van der Waals surface area contributed by atoms with Gasteiger partial charge >= 0.3 is 0 Å². The summed E-state index contributed by atoms with van der Waals surface area (Å²) in [5, 5.41) is 18.1. The highest BCUT2D eigenvalue weighted by atomic mass is 16.6. The van der Waals surface area contributed by atoms with Crippen LogP contribution < -0.4 is 5.32 Å². The minimum atomic E-state index is -0.422. The molecule has 0 amide bonds. The minimum Gasteiger partial charge on any atom is -0.377 e. The van der Waals surface area contributed by atoms with Gasteiger partial charge in [0.15, 0.2) is 0 Å². The van der Waals surface area contributed by atoms with E-state index in [1.54, 1.807) is 19.1 Å². The van der Waals surface area contributed by atoms with E-state index in [1.807, 2.05) is 0 Å². The van der Waals surface area contributed by atoms with Crippen LogP contribution in [0, 0.1) is 17.0 Å². The lowest BCUT2D eigenvalue weighted by atomic mass is 10.1. The molecule has 1 aliphatic rings. The van der Waals surface area contributed by atoms with E-state index in [1.165, 1.54) is 6.07 Å². The number of rotatable bonds is 5. The molecule has 0 unspecified atom stereocenters. The highest BCUT2D eigenvalue weighted by Crippen LogP contribution is 2.30. The van der Waals surface area contributed by atoms with Gasteiger partial charge in [-0.25, -0.2) is 0 Å². The van der Waals surface area contributed by atoms with Crippen molar-refractivity contribution in [3.05, 3.63) is 34.2 Å². The van der Waals surface area contributed by atoms with E-state index in [0.29, 0.717) is 29.5 Å². The van der Waals surface area contributed by atoms with Crippen molar-refractivity contribution < 1.29 is 14.2 Å². The normalized spacial score (nSPS) is 17.6. The first-order chi connectivity index (χ1) is 10.6. The minimum absolute atomic E-state index is 0.0158. The van der Waals surface area contributed by atoms with Gasteiger partial charge in [0.1, 0.15) is 5.69 Å². The molecule has 3 rings (SSSR count). The molecule has 1 saturated heterocycles. The summed E-state index contributed by atoms with van der Waals surface area (Å²) >= 11 is 0. The fraction of sp³-hybridized carbons (Fsp3) is 0.429. The number of anilines is 1. The molecule has 116 valence electrons. The molecule has 0 aliphatic carbocycles. The zero-order valence-electron chi connectivity index (χ0n) is 12.1. The van der Waals surface area contributed by atoms with Crippen LogP contribution in [0.15, 0.2) is 22.7 Å². The maximum absolute atomic E-state index is 11.3. The van der Waals surface area contributed by atoms with Crippen molar-refractivity contribution in [1.82, 2.24) is 10.1 Å².